The van der Waals surface area contributed by atoms with Crippen LogP contribution in [-0.4, -0.2) is 0 Å². The van der Waals surface area contributed by atoms with Gasteiger partial charge in [0.1, 0.15) is 11.6 Å². The Kier molecular flexibility index (Phi) is 4.35. The zero-order chi connectivity index (χ0) is 16.6. The summed E-state index contributed by atoms with van der Waals surface area (Å²) in [5.41, 5.74) is 3.03. The van der Waals surface area contributed by atoms with Gasteiger partial charge in [-0.25, -0.2) is 8.78 Å². The van der Waals surface area contributed by atoms with Crippen LogP contribution >= 0.6 is 15.9 Å². The number of rotatable bonds is 2. The SMILES string of the molecule is C=C1NC(c2c(F)cc(Br)cc2F)=C(c2ccccc2)CC1C. The summed E-state index contributed by atoms with van der Waals surface area (Å²) < 4.78 is 29.2. The molecule has 1 aliphatic heterocycles. The molecule has 4 heteroatoms. The predicted molar refractivity (Wildman–Crippen MR) is 93.4 cm³/mol. The topological polar surface area (TPSA) is 12.0 Å². The Morgan fingerprint density at radius 2 is 1.74 bits per heavy atom. The lowest BCUT2D eigenvalue weighted by Gasteiger charge is -2.29. The zero-order valence-corrected chi connectivity index (χ0v) is 14.3. The van der Waals surface area contributed by atoms with Crippen molar-refractivity contribution in [3.8, 4) is 0 Å². The van der Waals surface area contributed by atoms with Crippen molar-refractivity contribution in [2.24, 2.45) is 5.92 Å². The maximum Gasteiger partial charge on any atom is 0.136 e. The highest BCUT2D eigenvalue weighted by molar-refractivity contribution is 9.10. The van der Waals surface area contributed by atoms with Gasteiger partial charge in [0.25, 0.3) is 0 Å². The maximum atomic E-state index is 14.4. The minimum Gasteiger partial charge on any atom is -0.358 e. The quantitative estimate of drug-likeness (QED) is 0.705. The lowest BCUT2D eigenvalue weighted by Crippen LogP contribution is -2.25. The van der Waals surface area contributed by atoms with Crippen LogP contribution in [0.2, 0.25) is 0 Å². The van der Waals surface area contributed by atoms with E-state index in [0.717, 1.165) is 16.8 Å². The summed E-state index contributed by atoms with van der Waals surface area (Å²) in [6.45, 7) is 6.02. The Hall–Kier alpha value is -1.94. The van der Waals surface area contributed by atoms with E-state index in [1.165, 1.54) is 12.1 Å². The van der Waals surface area contributed by atoms with E-state index in [2.05, 4.69) is 27.8 Å². The van der Waals surface area contributed by atoms with Gasteiger partial charge >= 0.3 is 0 Å². The molecule has 1 N–H and O–H groups in total. The summed E-state index contributed by atoms with van der Waals surface area (Å²) >= 11 is 3.12. The molecule has 1 heterocycles. The zero-order valence-electron chi connectivity index (χ0n) is 12.7. The third-order valence-corrected chi connectivity index (χ3v) is 4.53. The second kappa shape index (κ2) is 6.28. The molecule has 0 saturated heterocycles. The van der Waals surface area contributed by atoms with E-state index in [0.29, 0.717) is 16.6 Å². The minimum absolute atomic E-state index is 0.0416. The molecule has 0 radical (unpaired) electrons. The van der Waals surface area contributed by atoms with Gasteiger partial charge in [0.2, 0.25) is 0 Å². The highest BCUT2D eigenvalue weighted by Crippen LogP contribution is 2.38. The highest BCUT2D eigenvalue weighted by atomic mass is 79.9. The summed E-state index contributed by atoms with van der Waals surface area (Å²) in [4.78, 5) is 0. The number of halogens is 3. The maximum absolute atomic E-state index is 14.4. The van der Waals surface area contributed by atoms with Crippen molar-refractivity contribution >= 4 is 27.2 Å². The third kappa shape index (κ3) is 3.08. The average molecular weight is 376 g/mol. The van der Waals surface area contributed by atoms with E-state index in [-0.39, 0.29) is 11.5 Å². The summed E-state index contributed by atoms with van der Waals surface area (Å²) in [6.07, 6.45) is 0.681. The molecule has 2 aromatic carbocycles. The fourth-order valence-corrected chi connectivity index (χ4v) is 3.19. The van der Waals surface area contributed by atoms with Crippen molar-refractivity contribution in [3.63, 3.8) is 0 Å². The molecule has 1 nitrogen and oxygen atoms in total. The van der Waals surface area contributed by atoms with Gasteiger partial charge in [-0.3, -0.25) is 0 Å². The van der Waals surface area contributed by atoms with Crippen molar-refractivity contribution in [2.45, 2.75) is 13.3 Å². The molecule has 0 amide bonds. The fourth-order valence-electron chi connectivity index (χ4n) is 2.79. The predicted octanol–water partition coefficient (Wildman–Crippen LogP) is 5.74. The Bertz CT molecular complexity index is 773. The van der Waals surface area contributed by atoms with Gasteiger partial charge < -0.3 is 5.32 Å². The Morgan fingerprint density at radius 1 is 1.13 bits per heavy atom. The van der Waals surface area contributed by atoms with E-state index < -0.39 is 11.6 Å². The molecule has 0 aliphatic carbocycles. The van der Waals surface area contributed by atoms with Gasteiger partial charge in [-0.2, -0.15) is 0 Å². The smallest absolute Gasteiger partial charge is 0.136 e. The first-order chi connectivity index (χ1) is 11.0. The molecule has 0 bridgehead atoms. The molecule has 23 heavy (non-hydrogen) atoms. The largest absolute Gasteiger partial charge is 0.358 e. The van der Waals surface area contributed by atoms with Gasteiger partial charge in [0.05, 0.1) is 11.3 Å². The highest BCUT2D eigenvalue weighted by Gasteiger charge is 2.26. The second-order valence-electron chi connectivity index (χ2n) is 5.72. The molecule has 0 spiro atoms. The number of benzene rings is 2. The van der Waals surface area contributed by atoms with Crippen molar-refractivity contribution < 1.29 is 8.78 Å². The van der Waals surface area contributed by atoms with Crippen LogP contribution in [0, 0.1) is 17.6 Å². The van der Waals surface area contributed by atoms with Crippen LogP contribution in [0.25, 0.3) is 11.3 Å². The second-order valence-corrected chi connectivity index (χ2v) is 6.64. The van der Waals surface area contributed by atoms with Gasteiger partial charge in [-0.15, -0.1) is 0 Å². The monoisotopic (exact) mass is 375 g/mol. The summed E-state index contributed by atoms with van der Waals surface area (Å²) in [7, 11) is 0. The van der Waals surface area contributed by atoms with E-state index in [4.69, 9.17) is 0 Å². The Labute approximate surface area is 142 Å². The molecule has 1 atom stereocenters. The fraction of sp³-hybridized carbons (Fsp3) is 0.158. The van der Waals surface area contributed by atoms with Crippen molar-refractivity contribution in [1.29, 1.82) is 0 Å². The van der Waals surface area contributed by atoms with Gasteiger partial charge in [-0.1, -0.05) is 59.8 Å². The van der Waals surface area contributed by atoms with Crippen LogP contribution in [0.1, 0.15) is 24.5 Å². The van der Waals surface area contributed by atoms with Crippen molar-refractivity contribution in [1.82, 2.24) is 5.32 Å². The lowest BCUT2D eigenvalue weighted by molar-refractivity contribution is 0.569. The molecule has 0 fully saturated rings. The first kappa shape index (κ1) is 15.9. The summed E-state index contributed by atoms with van der Waals surface area (Å²) in [6, 6.07) is 12.2. The number of allylic oxidation sites excluding steroid dienone is 2. The average Bonchev–Trinajstić information content (AvgIpc) is 2.50. The third-order valence-electron chi connectivity index (χ3n) is 4.07. The van der Waals surface area contributed by atoms with Crippen molar-refractivity contribution in [3.05, 3.63) is 82.0 Å². The molecule has 118 valence electrons. The number of hydrogen-bond donors (Lipinski definition) is 1. The molecule has 2 aromatic rings. The van der Waals surface area contributed by atoms with Gasteiger partial charge in [0, 0.05) is 10.2 Å². The molecular formula is C19H16BrF2N. The molecular weight excluding hydrogens is 360 g/mol. The molecule has 0 saturated carbocycles. The van der Waals surface area contributed by atoms with Crippen LogP contribution in [-0.2, 0) is 0 Å². The van der Waals surface area contributed by atoms with Crippen LogP contribution < -0.4 is 5.32 Å². The molecule has 1 aliphatic rings. The van der Waals surface area contributed by atoms with Crippen LogP contribution in [0.15, 0.2) is 59.2 Å². The van der Waals surface area contributed by atoms with Gasteiger partial charge in [0.15, 0.2) is 0 Å². The molecule has 0 aromatic heterocycles. The number of nitrogens with one attached hydrogen (secondary N) is 1. The summed E-state index contributed by atoms with van der Waals surface area (Å²) in [5, 5.41) is 3.12. The van der Waals surface area contributed by atoms with Crippen LogP contribution in [0.3, 0.4) is 0 Å². The Balaban J connectivity index is 2.25. The standard InChI is InChI=1S/C19H16BrF2N/c1-11-8-15(13-6-4-3-5-7-13)19(23-12(11)2)18-16(21)9-14(20)10-17(18)22/h3-7,9-11,23H,2,8H2,1H3. The Morgan fingerprint density at radius 3 is 2.35 bits per heavy atom. The minimum atomic E-state index is -0.602. The van der Waals surface area contributed by atoms with E-state index >= 15 is 0 Å². The molecule has 1 unspecified atom stereocenters. The van der Waals surface area contributed by atoms with Crippen molar-refractivity contribution in [2.75, 3.05) is 0 Å². The van der Waals surface area contributed by atoms with Gasteiger partial charge in [-0.05, 0) is 35.6 Å². The first-order valence-corrected chi connectivity index (χ1v) is 8.16. The van der Waals surface area contributed by atoms with E-state index in [9.17, 15) is 8.78 Å². The number of hydrogen-bond acceptors (Lipinski definition) is 1. The van der Waals surface area contributed by atoms with E-state index in [1.54, 1.807) is 0 Å². The lowest BCUT2D eigenvalue weighted by atomic mass is 9.86. The first-order valence-electron chi connectivity index (χ1n) is 7.36. The normalized spacial score (nSPS) is 18.1. The molecule has 3 rings (SSSR count). The van der Waals surface area contributed by atoms with E-state index in [1.807, 2.05) is 37.3 Å². The van der Waals surface area contributed by atoms with Crippen LogP contribution in [0.5, 0.6) is 0 Å². The summed E-state index contributed by atoms with van der Waals surface area (Å²) in [5.74, 6) is -1.01. The van der Waals surface area contributed by atoms with Crippen LogP contribution in [0.4, 0.5) is 8.78 Å².